The lowest BCUT2D eigenvalue weighted by atomic mass is 9.96. The van der Waals surface area contributed by atoms with Crippen LogP contribution in [-0.4, -0.2) is 18.8 Å². The van der Waals surface area contributed by atoms with Crippen molar-refractivity contribution in [3.63, 3.8) is 0 Å². The van der Waals surface area contributed by atoms with Crippen LogP contribution in [0.15, 0.2) is 24.3 Å². The molecule has 1 saturated heterocycles. The third-order valence-corrected chi connectivity index (χ3v) is 3.16. The first-order valence-electron chi connectivity index (χ1n) is 5.84. The Kier molecular flexibility index (Phi) is 3.15. The normalized spacial score (nSPS) is 25.8. The lowest BCUT2D eigenvalue weighted by Crippen LogP contribution is -2.43. The van der Waals surface area contributed by atoms with E-state index in [4.69, 9.17) is 5.73 Å². The molecule has 0 saturated carbocycles. The zero-order chi connectivity index (χ0) is 11.6. The topological polar surface area (TPSA) is 29.3 Å². The highest BCUT2D eigenvalue weighted by molar-refractivity contribution is 5.49. The summed E-state index contributed by atoms with van der Waals surface area (Å²) in [6.07, 6.45) is 1.58. The number of halogens is 1. The second-order valence-corrected chi connectivity index (χ2v) is 4.81. The minimum absolute atomic E-state index is 0.487. The van der Waals surface area contributed by atoms with E-state index in [0.717, 1.165) is 24.2 Å². The molecular weight excluding hydrogens is 203 g/mol. The summed E-state index contributed by atoms with van der Waals surface area (Å²) in [6.45, 7) is 3.65. The van der Waals surface area contributed by atoms with Crippen molar-refractivity contribution in [1.82, 2.24) is 0 Å². The van der Waals surface area contributed by atoms with E-state index in [1.165, 1.54) is 0 Å². The lowest BCUT2D eigenvalue weighted by molar-refractivity contribution is 0.160. The van der Waals surface area contributed by atoms with E-state index in [2.05, 4.69) is 11.0 Å². The molecule has 0 aromatic heterocycles. The molecule has 2 nitrogen and oxygen atoms in total. The van der Waals surface area contributed by atoms with Gasteiger partial charge in [0.25, 0.3) is 0 Å². The van der Waals surface area contributed by atoms with Gasteiger partial charge in [0.2, 0.25) is 0 Å². The van der Waals surface area contributed by atoms with Gasteiger partial charge in [0.1, 0.15) is 5.67 Å². The predicted molar refractivity (Wildman–Crippen MR) is 65.3 cm³/mol. The molecule has 2 rings (SSSR count). The molecule has 3 heteroatoms. The summed E-state index contributed by atoms with van der Waals surface area (Å²) >= 11 is 0. The van der Waals surface area contributed by atoms with Crippen molar-refractivity contribution in [2.75, 3.05) is 18.0 Å². The number of benzene rings is 1. The van der Waals surface area contributed by atoms with Crippen LogP contribution in [0, 0.1) is 0 Å². The fourth-order valence-corrected chi connectivity index (χ4v) is 2.30. The Labute approximate surface area is 96.2 Å². The van der Waals surface area contributed by atoms with Gasteiger partial charge in [0.15, 0.2) is 0 Å². The van der Waals surface area contributed by atoms with Crippen LogP contribution in [-0.2, 0) is 6.54 Å². The van der Waals surface area contributed by atoms with Crippen molar-refractivity contribution in [2.45, 2.75) is 32.0 Å². The molecule has 16 heavy (non-hydrogen) atoms. The molecule has 0 spiro atoms. The van der Waals surface area contributed by atoms with Gasteiger partial charge < -0.3 is 10.6 Å². The van der Waals surface area contributed by atoms with Crippen LogP contribution in [0.1, 0.15) is 25.3 Å². The molecule has 2 N–H and O–H groups in total. The first-order valence-corrected chi connectivity index (χ1v) is 5.84. The molecule has 0 amide bonds. The molecule has 88 valence electrons. The quantitative estimate of drug-likeness (QED) is 0.833. The number of alkyl halides is 1. The summed E-state index contributed by atoms with van der Waals surface area (Å²) in [5.74, 6) is 0. The zero-order valence-corrected chi connectivity index (χ0v) is 9.75. The fourth-order valence-electron chi connectivity index (χ4n) is 2.30. The average molecular weight is 222 g/mol. The first kappa shape index (κ1) is 11.4. The van der Waals surface area contributed by atoms with Crippen molar-refractivity contribution in [3.8, 4) is 0 Å². The second-order valence-electron chi connectivity index (χ2n) is 4.81. The van der Waals surface area contributed by atoms with E-state index in [9.17, 15) is 4.39 Å². The smallest absolute Gasteiger partial charge is 0.125 e. The molecule has 1 aliphatic heterocycles. The summed E-state index contributed by atoms with van der Waals surface area (Å²) in [7, 11) is 0. The van der Waals surface area contributed by atoms with Gasteiger partial charge in [-0.15, -0.1) is 0 Å². The van der Waals surface area contributed by atoms with Gasteiger partial charge in [0.05, 0.1) is 6.54 Å². The largest absolute Gasteiger partial charge is 0.368 e. The van der Waals surface area contributed by atoms with Crippen LogP contribution in [0.4, 0.5) is 10.1 Å². The van der Waals surface area contributed by atoms with Crippen LogP contribution in [0.2, 0.25) is 0 Å². The van der Waals surface area contributed by atoms with Gasteiger partial charge in [-0.2, -0.15) is 0 Å². The van der Waals surface area contributed by atoms with Gasteiger partial charge in [-0.1, -0.05) is 12.1 Å². The van der Waals surface area contributed by atoms with Crippen LogP contribution >= 0.6 is 0 Å². The summed E-state index contributed by atoms with van der Waals surface area (Å²) in [4.78, 5) is 2.11. The third-order valence-electron chi connectivity index (χ3n) is 3.16. The molecule has 1 aromatic rings. The second kappa shape index (κ2) is 4.42. The maximum Gasteiger partial charge on any atom is 0.125 e. The van der Waals surface area contributed by atoms with E-state index in [1.807, 2.05) is 18.2 Å². The van der Waals surface area contributed by atoms with E-state index in [0.29, 0.717) is 19.5 Å². The average Bonchev–Trinajstić information content (AvgIpc) is 2.28. The van der Waals surface area contributed by atoms with Crippen molar-refractivity contribution in [1.29, 1.82) is 0 Å². The highest BCUT2D eigenvalue weighted by Crippen LogP contribution is 2.28. The Balaban J connectivity index is 2.16. The lowest BCUT2D eigenvalue weighted by Gasteiger charge is -2.36. The maximum atomic E-state index is 13.9. The highest BCUT2D eigenvalue weighted by Gasteiger charge is 2.30. The zero-order valence-electron chi connectivity index (χ0n) is 9.75. The molecule has 1 unspecified atom stereocenters. The van der Waals surface area contributed by atoms with E-state index in [-0.39, 0.29) is 0 Å². The Bertz CT molecular complexity index is 363. The van der Waals surface area contributed by atoms with Crippen molar-refractivity contribution >= 4 is 5.69 Å². The number of piperidine rings is 1. The van der Waals surface area contributed by atoms with E-state index >= 15 is 0 Å². The molecule has 1 heterocycles. The number of hydrogen-bond donors (Lipinski definition) is 1. The van der Waals surface area contributed by atoms with Crippen LogP contribution < -0.4 is 10.6 Å². The van der Waals surface area contributed by atoms with Crippen LogP contribution in [0.25, 0.3) is 0 Å². The number of hydrogen-bond acceptors (Lipinski definition) is 2. The van der Waals surface area contributed by atoms with Gasteiger partial charge >= 0.3 is 0 Å². The predicted octanol–water partition coefficient (Wildman–Crippen LogP) is 2.47. The number of nitrogens with two attached hydrogens (primary N) is 1. The number of nitrogens with zero attached hydrogens (tertiary/aromatic N) is 1. The third kappa shape index (κ3) is 2.53. The summed E-state index contributed by atoms with van der Waals surface area (Å²) < 4.78 is 13.9. The van der Waals surface area contributed by atoms with Crippen LogP contribution in [0.3, 0.4) is 0 Å². The molecule has 0 aliphatic carbocycles. The van der Waals surface area contributed by atoms with Crippen molar-refractivity contribution in [2.24, 2.45) is 5.73 Å². The van der Waals surface area contributed by atoms with Gasteiger partial charge in [-0.25, -0.2) is 4.39 Å². The Morgan fingerprint density at radius 1 is 1.50 bits per heavy atom. The summed E-state index contributed by atoms with van der Waals surface area (Å²) in [6, 6.07) is 8.08. The van der Waals surface area contributed by atoms with E-state index < -0.39 is 5.67 Å². The van der Waals surface area contributed by atoms with Gasteiger partial charge in [-0.3, -0.25) is 0 Å². The summed E-state index contributed by atoms with van der Waals surface area (Å²) in [5.41, 5.74) is 6.74. The maximum absolute atomic E-state index is 13.9. The Morgan fingerprint density at radius 3 is 3.00 bits per heavy atom. The van der Waals surface area contributed by atoms with Gasteiger partial charge in [0, 0.05) is 18.8 Å². The molecule has 1 fully saturated rings. The molecule has 1 aromatic carbocycles. The highest BCUT2D eigenvalue weighted by atomic mass is 19.1. The van der Waals surface area contributed by atoms with E-state index in [1.54, 1.807) is 6.92 Å². The molecule has 1 atom stereocenters. The van der Waals surface area contributed by atoms with Crippen molar-refractivity contribution in [3.05, 3.63) is 29.8 Å². The molecule has 1 aliphatic rings. The molecule has 0 bridgehead atoms. The number of anilines is 1. The summed E-state index contributed by atoms with van der Waals surface area (Å²) in [5, 5.41) is 0. The Morgan fingerprint density at radius 2 is 2.31 bits per heavy atom. The number of rotatable bonds is 2. The molecular formula is C13H19FN2. The first-order chi connectivity index (χ1) is 7.61. The molecule has 0 radical (unpaired) electrons. The fraction of sp³-hybridized carbons (Fsp3) is 0.538. The standard InChI is InChI=1S/C13H19FN2/c1-13(14)6-3-7-16(10-13)12-5-2-4-11(8-12)9-15/h2,4-5,8H,3,6-7,9-10,15H2,1H3. The Hall–Kier alpha value is -1.09. The van der Waals surface area contributed by atoms with Crippen molar-refractivity contribution < 1.29 is 4.39 Å². The minimum Gasteiger partial charge on any atom is -0.368 e. The monoisotopic (exact) mass is 222 g/mol. The van der Waals surface area contributed by atoms with Gasteiger partial charge in [-0.05, 0) is 37.5 Å². The SMILES string of the molecule is CC1(F)CCCN(c2cccc(CN)c2)C1. The van der Waals surface area contributed by atoms with Crippen LogP contribution in [0.5, 0.6) is 0 Å². The minimum atomic E-state index is -1.06.